The summed E-state index contributed by atoms with van der Waals surface area (Å²) < 4.78 is 10.7. The van der Waals surface area contributed by atoms with E-state index in [4.69, 9.17) is 14.6 Å². The summed E-state index contributed by atoms with van der Waals surface area (Å²) in [6.45, 7) is 2.28. The lowest BCUT2D eigenvalue weighted by Crippen LogP contribution is -2.27. The molecule has 0 unspecified atom stereocenters. The molecule has 1 aromatic carbocycles. The quantitative estimate of drug-likeness (QED) is 0.822. The van der Waals surface area contributed by atoms with E-state index in [0.29, 0.717) is 12.4 Å². The highest BCUT2D eigenvalue weighted by molar-refractivity contribution is 5.91. The Hall–Kier alpha value is -2.24. The number of aromatic carboxylic acids is 1. The van der Waals surface area contributed by atoms with Crippen molar-refractivity contribution >= 4 is 11.9 Å². The van der Waals surface area contributed by atoms with E-state index in [9.17, 15) is 9.59 Å². The zero-order chi connectivity index (χ0) is 15.1. The maximum absolute atomic E-state index is 11.5. The Kier molecular flexibility index (Phi) is 5.83. The molecule has 0 aliphatic rings. The van der Waals surface area contributed by atoms with E-state index in [1.165, 1.54) is 17.0 Å². The van der Waals surface area contributed by atoms with E-state index in [0.717, 1.165) is 6.42 Å². The van der Waals surface area contributed by atoms with Gasteiger partial charge in [0.2, 0.25) is 0 Å². The second-order valence-electron chi connectivity index (χ2n) is 4.39. The van der Waals surface area contributed by atoms with Crippen molar-refractivity contribution in [2.45, 2.75) is 13.3 Å². The van der Waals surface area contributed by atoms with Gasteiger partial charge in [0, 0.05) is 20.2 Å². The van der Waals surface area contributed by atoms with Gasteiger partial charge in [0.15, 0.2) is 6.61 Å². The van der Waals surface area contributed by atoms with Crippen LogP contribution in [0.15, 0.2) is 18.2 Å². The van der Waals surface area contributed by atoms with Gasteiger partial charge in [-0.25, -0.2) is 4.79 Å². The van der Waals surface area contributed by atoms with Crippen LogP contribution in [0, 0.1) is 0 Å². The number of benzene rings is 1. The molecule has 0 fully saturated rings. The van der Waals surface area contributed by atoms with Crippen LogP contribution in [0.2, 0.25) is 0 Å². The molecule has 0 heterocycles. The third-order valence-electron chi connectivity index (χ3n) is 2.51. The fraction of sp³-hybridized carbons (Fsp3) is 0.429. The lowest BCUT2D eigenvalue weighted by Gasteiger charge is -2.14. The first-order chi connectivity index (χ1) is 9.45. The van der Waals surface area contributed by atoms with Gasteiger partial charge in [-0.15, -0.1) is 0 Å². The molecule has 0 saturated carbocycles. The van der Waals surface area contributed by atoms with Crippen LogP contribution in [0.4, 0.5) is 0 Å². The summed E-state index contributed by atoms with van der Waals surface area (Å²) in [4.78, 5) is 24.0. The number of carboxylic acids is 1. The zero-order valence-electron chi connectivity index (χ0n) is 11.9. The van der Waals surface area contributed by atoms with Gasteiger partial charge < -0.3 is 19.5 Å². The van der Waals surface area contributed by atoms with E-state index in [2.05, 4.69) is 0 Å². The molecule has 0 spiro atoms. The molecule has 0 bridgehead atoms. The predicted molar refractivity (Wildman–Crippen MR) is 73.4 cm³/mol. The Morgan fingerprint density at radius 2 is 1.95 bits per heavy atom. The van der Waals surface area contributed by atoms with Crippen molar-refractivity contribution in [2.24, 2.45) is 0 Å². The average molecular weight is 281 g/mol. The van der Waals surface area contributed by atoms with Crippen molar-refractivity contribution in [1.82, 2.24) is 4.90 Å². The van der Waals surface area contributed by atoms with Crippen molar-refractivity contribution < 1.29 is 24.2 Å². The number of carbonyl (C=O) groups excluding carboxylic acids is 1. The smallest absolute Gasteiger partial charge is 0.339 e. The molecule has 20 heavy (non-hydrogen) atoms. The Balaban J connectivity index is 2.88. The highest BCUT2D eigenvalue weighted by Crippen LogP contribution is 2.25. The number of rotatable bonds is 7. The monoisotopic (exact) mass is 281 g/mol. The molecule has 0 saturated heterocycles. The van der Waals surface area contributed by atoms with Crippen LogP contribution in [0.3, 0.4) is 0 Å². The molecular formula is C14H19NO5. The third kappa shape index (κ3) is 4.46. The van der Waals surface area contributed by atoms with Gasteiger partial charge in [-0.1, -0.05) is 6.92 Å². The van der Waals surface area contributed by atoms with Crippen LogP contribution in [0.5, 0.6) is 11.5 Å². The van der Waals surface area contributed by atoms with Crippen LogP contribution in [0.1, 0.15) is 23.7 Å². The van der Waals surface area contributed by atoms with Crippen molar-refractivity contribution in [2.75, 3.05) is 27.3 Å². The Bertz CT molecular complexity index is 484. The number of ether oxygens (including phenoxy) is 2. The molecule has 1 amide bonds. The summed E-state index contributed by atoms with van der Waals surface area (Å²) in [5.41, 5.74) is 0.000375. The Labute approximate surface area is 117 Å². The molecule has 0 radical (unpaired) electrons. The highest BCUT2D eigenvalue weighted by Gasteiger charge is 2.14. The van der Waals surface area contributed by atoms with Crippen LogP contribution < -0.4 is 9.47 Å². The van der Waals surface area contributed by atoms with Gasteiger partial charge in [0.1, 0.15) is 17.1 Å². The fourth-order valence-corrected chi connectivity index (χ4v) is 1.38. The highest BCUT2D eigenvalue weighted by atomic mass is 16.5. The Morgan fingerprint density at radius 1 is 1.25 bits per heavy atom. The topological polar surface area (TPSA) is 76.1 Å². The minimum atomic E-state index is -1.11. The second kappa shape index (κ2) is 7.37. The van der Waals surface area contributed by atoms with E-state index < -0.39 is 5.97 Å². The van der Waals surface area contributed by atoms with Gasteiger partial charge in [-0.3, -0.25) is 4.79 Å². The molecule has 6 nitrogen and oxygen atoms in total. The molecule has 0 aromatic heterocycles. The summed E-state index contributed by atoms with van der Waals surface area (Å²) in [5.74, 6) is -0.717. The minimum Gasteiger partial charge on any atom is -0.493 e. The molecule has 1 rings (SSSR count). The lowest BCUT2D eigenvalue weighted by molar-refractivity contribution is -0.130. The summed E-state index contributed by atoms with van der Waals surface area (Å²) in [6.07, 6.45) is 0.843. The zero-order valence-corrected chi connectivity index (χ0v) is 11.9. The van der Waals surface area contributed by atoms with Crippen molar-refractivity contribution in [3.8, 4) is 11.5 Å². The SMILES string of the molecule is CCCOc1ccc(C(=O)O)c(OCC(=O)N(C)C)c1. The molecule has 0 aliphatic carbocycles. The van der Waals surface area contributed by atoms with Crippen molar-refractivity contribution in [3.05, 3.63) is 23.8 Å². The van der Waals surface area contributed by atoms with E-state index in [1.54, 1.807) is 20.2 Å². The first kappa shape index (κ1) is 15.8. The minimum absolute atomic E-state index is 0.000375. The van der Waals surface area contributed by atoms with E-state index >= 15 is 0 Å². The fourth-order valence-electron chi connectivity index (χ4n) is 1.38. The van der Waals surface area contributed by atoms with E-state index in [1.807, 2.05) is 6.92 Å². The number of hydrogen-bond acceptors (Lipinski definition) is 4. The number of nitrogens with zero attached hydrogens (tertiary/aromatic N) is 1. The number of hydrogen-bond donors (Lipinski definition) is 1. The number of carbonyl (C=O) groups is 2. The van der Waals surface area contributed by atoms with Gasteiger partial charge in [-0.05, 0) is 18.6 Å². The number of carboxylic acid groups (broad SMARTS) is 1. The second-order valence-corrected chi connectivity index (χ2v) is 4.39. The van der Waals surface area contributed by atoms with Gasteiger partial charge in [-0.2, -0.15) is 0 Å². The summed E-state index contributed by atoms with van der Waals surface area (Å²) in [7, 11) is 3.20. The van der Waals surface area contributed by atoms with Crippen molar-refractivity contribution in [1.29, 1.82) is 0 Å². The maximum atomic E-state index is 11.5. The van der Waals surface area contributed by atoms with Gasteiger partial charge >= 0.3 is 5.97 Å². The maximum Gasteiger partial charge on any atom is 0.339 e. The van der Waals surface area contributed by atoms with Crippen molar-refractivity contribution in [3.63, 3.8) is 0 Å². The normalized spacial score (nSPS) is 9.95. The van der Waals surface area contributed by atoms with Crippen LogP contribution in [-0.2, 0) is 4.79 Å². The Morgan fingerprint density at radius 3 is 2.50 bits per heavy atom. The molecule has 110 valence electrons. The van der Waals surface area contributed by atoms with E-state index in [-0.39, 0.29) is 23.8 Å². The largest absolute Gasteiger partial charge is 0.493 e. The van der Waals surface area contributed by atoms with Gasteiger partial charge in [0.25, 0.3) is 5.91 Å². The van der Waals surface area contributed by atoms with Gasteiger partial charge in [0.05, 0.1) is 6.61 Å². The molecular weight excluding hydrogens is 262 g/mol. The summed E-state index contributed by atoms with van der Waals surface area (Å²) >= 11 is 0. The predicted octanol–water partition coefficient (Wildman–Crippen LogP) is 1.64. The first-order valence-corrected chi connectivity index (χ1v) is 6.28. The third-order valence-corrected chi connectivity index (χ3v) is 2.51. The standard InChI is InChI=1S/C14H19NO5/c1-4-7-19-10-5-6-11(14(17)18)12(8-10)20-9-13(16)15(2)3/h5-6,8H,4,7,9H2,1-3H3,(H,17,18). The number of amides is 1. The summed E-state index contributed by atoms with van der Waals surface area (Å²) in [6, 6.07) is 4.46. The number of likely N-dealkylation sites (N-methyl/N-ethyl adjacent to an activating group) is 1. The van der Waals surface area contributed by atoms with Crippen LogP contribution in [-0.4, -0.2) is 49.2 Å². The van der Waals surface area contributed by atoms with Crippen LogP contribution >= 0.6 is 0 Å². The molecule has 0 atom stereocenters. The van der Waals surface area contributed by atoms with Crippen LogP contribution in [0.25, 0.3) is 0 Å². The average Bonchev–Trinajstić information content (AvgIpc) is 2.42. The molecule has 1 N–H and O–H groups in total. The lowest BCUT2D eigenvalue weighted by atomic mass is 10.2. The molecule has 6 heteroatoms. The summed E-state index contributed by atoms with van der Waals surface area (Å²) in [5, 5.41) is 9.09. The first-order valence-electron chi connectivity index (χ1n) is 6.28. The molecule has 0 aliphatic heterocycles. The molecule has 1 aromatic rings.